The molecule has 0 amide bonds. The number of benzene rings is 2. The highest BCUT2D eigenvalue weighted by Gasteiger charge is 2.57. The second-order valence-electron chi connectivity index (χ2n) is 14.2. The molecule has 7 nitrogen and oxygen atoms in total. The number of carbonyl (C=O) groups is 1. The fraction of sp³-hybridized carbons (Fsp3) is 0.629. The maximum atomic E-state index is 13.6. The summed E-state index contributed by atoms with van der Waals surface area (Å²) in [5.41, 5.74) is 2.37. The molecule has 0 spiro atoms. The van der Waals surface area contributed by atoms with Crippen molar-refractivity contribution >= 4 is 5.97 Å². The standard InChI is InChI=1S/C35H46N4O3/c40-31-15-28-13-14-35(18-31,19-33(41)42-32-16-26-11-12-27(17-32)38(26)29-20-36-21-29)39(28)30-22-37(23-30)34(24-7-3-1-4-8-24)25-9-5-2-6-10-25/h1-10,26-32,34,36,40H,11-23H2. The molecule has 6 aliphatic rings. The van der Waals surface area contributed by atoms with Gasteiger partial charge >= 0.3 is 5.97 Å². The molecule has 2 aromatic rings. The summed E-state index contributed by atoms with van der Waals surface area (Å²) in [5, 5.41) is 14.3. The van der Waals surface area contributed by atoms with Gasteiger partial charge in [0.05, 0.1) is 18.6 Å². The maximum absolute atomic E-state index is 13.6. The monoisotopic (exact) mass is 570 g/mol. The third-order valence-corrected chi connectivity index (χ3v) is 11.6. The highest BCUT2D eigenvalue weighted by molar-refractivity contribution is 5.71. The predicted octanol–water partition coefficient (Wildman–Crippen LogP) is 3.72. The number of rotatable bonds is 8. The molecule has 42 heavy (non-hydrogen) atoms. The number of esters is 1. The SMILES string of the molecule is O=C(CC12CCC(CC(O)C1)N2C1CN(C(c2ccccc2)c2ccccc2)C1)OC1CC2CCC(C1)N2C1CNC1. The largest absolute Gasteiger partial charge is 0.462 e. The van der Waals surface area contributed by atoms with Gasteiger partial charge in [0.2, 0.25) is 0 Å². The minimum Gasteiger partial charge on any atom is -0.462 e. The van der Waals surface area contributed by atoms with Gasteiger partial charge in [-0.15, -0.1) is 0 Å². The van der Waals surface area contributed by atoms with Crippen LogP contribution in [0.5, 0.6) is 0 Å². The normalized spacial score (nSPS) is 35.7. The van der Waals surface area contributed by atoms with Crippen molar-refractivity contribution in [1.82, 2.24) is 20.0 Å². The Morgan fingerprint density at radius 2 is 1.50 bits per heavy atom. The number of piperidine rings is 2. The van der Waals surface area contributed by atoms with Gasteiger partial charge in [-0.1, -0.05) is 60.7 Å². The fourth-order valence-corrected chi connectivity index (χ4v) is 9.90. The molecule has 7 heteroatoms. The Hall–Kier alpha value is -2.29. The van der Waals surface area contributed by atoms with Gasteiger partial charge in [0.25, 0.3) is 0 Å². The van der Waals surface area contributed by atoms with Gasteiger partial charge in [-0.25, -0.2) is 0 Å². The van der Waals surface area contributed by atoms with Gasteiger partial charge in [0.1, 0.15) is 6.10 Å². The first-order valence-corrected chi connectivity index (χ1v) is 16.5. The lowest BCUT2D eigenvalue weighted by Gasteiger charge is -2.57. The van der Waals surface area contributed by atoms with Crippen LogP contribution in [0.15, 0.2) is 60.7 Å². The summed E-state index contributed by atoms with van der Waals surface area (Å²) in [5.74, 6) is -0.0412. The number of nitrogens with zero attached hydrogens (tertiary/aromatic N) is 3. The van der Waals surface area contributed by atoms with E-state index in [1.165, 1.54) is 24.0 Å². The van der Waals surface area contributed by atoms with Crippen LogP contribution in [0.4, 0.5) is 0 Å². The first-order chi connectivity index (χ1) is 20.6. The quantitative estimate of drug-likeness (QED) is 0.469. The van der Waals surface area contributed by atoms with Crippen molar-refractivity contribution in [3.8, 4) is 0 Å². The molecular formula is C35H46N4O3. The number of likely N-dealkylation sites (tertiary alicyclic amines) is 1. The Morgan fingerprint density at radius 3 is 2.10 bits per heavy atom. The Morgan fingerprint density at radius 1 is 0.857 bits per heavy atom. The number of ether oxygens (including phenoxy) is 1. The van der Waals surface area contributed by atoms with Crippen molar-refractivity contribution in [2.24, 2.45) is 0 Å². The lowest BCUT2D eigenvalue weighted by atomic mass is 9.81. The molecule has 4 bridgehead atoms. The minimum absolute atomic E-state index is 0.0412. The lowest BCUT2D eigenvalue weighted by molar-refractivity contribution is -0.161. The first kappa shape index (κ1) is 27.3. The topological polar surface area (TPSA) is 68.3 Å². The molecule has 5 atom stereocenters. The zero-order chi connectivity index (χ0) is 28.3. The van der Waals surface area contributed by atoms with Crippen LogP contribution in [0.25, 0.3) is 0 Å². The van der Waals surface area contributed by atoms with Crippen molar-refractivity contribution in [3.05, 3.63) is 71.8 Å². The van der Waals surface area contributed by atoms with Gasteiger partial charge < -0.3 is 15.2 Å². The summed E-state index contributed by atoms with van der Waals surface area (Å²) in [6, 6.07) is 24.5. The van der Waals surface area contributed by atoms with E-state index in [2.05, 4.69) is 80.7 Å². The van der Waals surface area contributed by atoms with Crippen LogP contribution in [0, 0.1) is 0 Å². The van der Waals surface area contributed by atoms with Crippen LogP contribution in [-0.4, -0.2) is 99.9 Å². The molecule has 6 aliphatic heterocycles. The molecule has 6 fully saturated rings. The minimum atomic E-state index is -0.325. The number of nitrogens with one attached hydrogen (secondary N) is 1. The number of fused-ring (bicyclic) bond motifs is 4. The van der Waals surface area contributed by atoms with Crippen molar-refractivity contribution in [2.75, 3.05) is 26.2 Å². The van der Waals surface area contributed by atoms with E-state index in [-0.39, 0.29) is 29.8 Å². The summed E-state index contributed by atoms with van der Waals surface area (Å²) in [6.07, 6.45) is 8.16. The smallest absolute Gasteiger partial charge is 0.307 e. The van der Waals surface area contributed by atoms with E-state index in [4.69, 9.17) is 4.74 Å². The molecule has 2 aromatic carbocycles. The summed E-state index contributed by atoms with van der Waals surface area (Å²) in [7, 11) is 0. The van der Waals surface area contributed by atoms with Gasteiger partial charge in [0.15, 0.2) is 0 Å². The summed E-state index contributed by atoms with van der Waals surface area (Å²) in [6.45, 7) is 4.18. The maximum Gasteiger partial charge on any atom is 0.307 e. The number of hydrogen-bond acceptors (Lipinski definition) is 7. The van der Waals surface area contributed by atoms with E-state index in [0.717, 1.165) is 58.3 Å². The van der Waals surface area contributed by atoms with Crippen LogP contribution in [0.1, 0.15) is 75.0 Å². The fourth-order valence-electron chi connectivity index (χ4n) is 9.90. The van der Waals surface area contributed by atoms with E-state index in [0.29, 0.717) is 43.1 Å². The third kappa shape index (κ3) is 4.82. The first-order valence-electron chi connectivity index (χ1n) is 16.5. The Kier molecular flexibility index (Phi) is 7.15. The van der Waals surface area contributed by atoms with Crippen LogP contribution < -0.4 is 5.32 Å². The molecule has 0 aliphatic carbocycles. The van der Waals surface area contributed by atoms with Crippen molar-refractivity contribution < 1.29 is 14.6 Å². The van der Waals surface area contributed by atoms with E-state index in [1.54, 1.807) is 0 Å². The predicted molar refractivity (Wildman–Crippen MR) is 162 cm³/mol. The number of aliphatic hydroxyl groups is 1. The van der Waals surface area contributed by atoms with Crippen molar-refractivity contribution in [2.45, 2.75) is 112 Å². The molecular weight excluding hydrogens is 524 g/mol. The molecule has 224 valence electrons. The molecule has 0 radical (unpaired) electrons. The molecule has 6 heterocycles. The van der Waals surface area contributed by atoms with E-state index < -0.39 is 0 Å². The molecule has 8 rings (SSSR count). The highest BCUT2D eigenvalue weighted by atomic mass is 16.5. The van der Waals surface area contributed by atoms with Crippen molar-refractivity contribution in [1.29, 1.82) is 0 Å². The number of aliphatic hydroxyl groups excluding tert-OH is 1. The molecule has 6 saturated heterocycles. The second kappa shape index (κ2) is 11.0. The zero-order valence-corrected chi connectivity index (χ0v) is 24.7. The van der Waals surface area contributed by atoms with Crippen LogP contribution in [0.2, 0.25) is 0 Å². The van der Waals surface area contributed by atoms with Gasteiger partial charge in [-0.3, -0.25) is 19.5 Å². The zero-order valence-electron chi connectivity index (χ0n) is 24.7. The summed E-state index contributed by atoms with van der Waals surface area (Å²) in [4.78, 5) is 21.6. The van der Waals surface area contributed by atoms with E-state index in [9.17, 15) is 9.90 Å². The van der Waals surface area contributed by atoms with Crippen LogP contribution in [-0.2, 0) is 9.53 Å². The summed E-state index contributed by atoms with van der Waals surface area (Å²) < 4.78 is 6.29. The Bertz CT molecular complexity index is 1200. The van der Waals surface area contributed by atoms with Gasteiger partial charge in [-0.05, 0) is 49.7 Å². The molecule has 0 saturated carbocycles. The number of hydrogen-bond donors (Lipinski definition) is 2. The van der Waals surface area contributed by atoms with Crippen LogP contribution >= 0.6 is 0 Å². The third-order valence-electron chi connectivity index (χ3n) is 11.6. The molecule has 2 N–H and O–H groups in total. The molecule has 0 aromatic heterocycles. The Labute approximate surface area is 250 Å². The van der Waals surface area contributed by atoms with Crippen LogP contribution in [0.3, 0.4) is 0 Å². The Balaban J connectivity index is 0.953. The second-order valence-corrected chi connectivity index (χ2v) is 14.2. The molecule has 5 unspecified atom stereocenters. The number of carbonyl (C=O) groups excluding carboxylic acids is 1. The highest BCUT2D eigenvalue weighted by Crippen LogP contribution is 2.50. The van der Waals surface area contributed by atoms with Crippen molar-refractivity contribution in [3.63, 3.8) is 0 Å². The van der Waals surface area contributed by atoms with Gasteiger partial charge in [-0.2, -0.15) is 0 Å². The van der Waals surface area contributed by atoms with E-state index >= 15 is 0 Å². The summed E-state index contributed by atoms with van der Waals surface area (Å²) >= 11 is 0. The average Bonchev–Trinajstić information content (AvgIpc) is 3.30. The van der Waals surface area contributed by atoms with E-state index in [1.807, 2.05) is 0 Å². The average molecular weight is 571 g/mol. The van der Waals surface area contributed by atoms with Gasteiger partial charge in [0, 0.05) is 74.8 Å². The lowest BCUT2D eigenvalue weighted by Crippen LogP contribution is -2.68.